The molecule has 2 aromatic rings. The molecule has 104 valence electrons. The molecule has 0 unspecified atom stereocenters. The van der Waals surface area contributed by atoms with Crippen molar-refractivity contribution in [1.82, 2.24) is 4.98 Å². The van der Waals surface area contributed by atoms with Crippen molar-refractivity contribution in [3.63, 3.8) is 0 Å². The van der Waals surface area contributed by atoms with Gasteiger partial charge in [0.1, 0.15) is 0 Å². The number of carbonyl (C=O) groups is 1. The molecule has 0 aliphatic rings. The molecule has 0 atom stereocenters. The number of nitrogen functional groups attached to an aromatic ring is 1. The summed E-state index contributed by atoms with van der Waals surface area (Å²) in [6, 6.07) is 9.09. The van der Waals surface area contributed by atoms with Crippen LogP contribution >= 0.6 is 23.4 Å². The first-order valence-electron chi connectivity index (χ1n) is 5.71. The Bertz CT molecular complexity index is 636. The Hall–Kier alpha value is -1.76. The van der Waals surface area contributed by atoms with Crippen LogP contribution in [0.25, 0.3) is 0 Å². The zero-order chi connectivity index (χ0) is 14.5. The van der Waals surface area contributed by atoms with E-state index in [1.807, 2.05) is 30.5 Å². The number of nitrogens with two attached hydrogens (primary N) is 1. The molecule has 1 heterocycles. The van der Waals surface area contributed by atoms with Crippen LogP contribution in [0.4, 0.5) is 11.5 Å². The molecule has 2 rings (SSSR count). The number of hydrogen-bond donors (Lipinski definition) is 3. The van der Waals surface area contributed by atoms with Crippen LogP contribution in [0.5, 0.6) is 0 Å². The molecular formula is C13H13ClN4OS. The number of thioether (sulfide) groups is 1. The number of carbonyl (C=O) groups excluding carboxylic acids is 1. The normalized spacial score (nSPS) is 10.2. The van der Waals surface area contributed by atoms with E-state index in [1.54, 1.807) is 11.8 Å². The lowest BCUT2D eigenvalue weighted by Gasteiger charge is -2.08. The first-order valence-corrected chi connectivity index (χ1v) is 7.32. The second-order valence-electron chi connectivity index (χ2n) is 3.88. The number of rotatable bonds is 4. The van der Waals surface area contributed by atoms with Crippen molar-refractivity contribution < 1.29 is 4.79 Å². The fourth-order valence-corrected chi connectivity index (χ4v) is 2.25. The Labute approximate surface area is 125 Å². The van der Waals surface area contributed by atoms with Crippen LogP contribution in [-0.2, 0) is 0 Å². The van der Waals surface area contributed by atoms with E-state index in [0.29, 0.717) is 11.4 Å². The fraction of sp³-hybridized carbons (Fsp3) is 0.0769. The molecule has 0 saturated heterocycles. The molecule has 0 bridgehead atoms. The van der Waals surface area contributed by atoms with Gasteiger partial charge in [-0.15, -0.1) is 11.8 Å². The number of nitrogens with one attached hydrogen (secondary N) is 2. The highest BCUT2D eigenvalue weighted by Crippen LogP contribution is 2.21. The van der Waals surface area contributed by atoms with Crippen LogP contribution in [0.2, 0.25) is 5.02 Å². The standard InChI is InChI=1S/C13H13ClN4OS/c1-20-10-4-2-3-9(6-10)17-13(19)8-5-11(14)12(18-15)16-7-8/h2-7H,15H2,1H3,(H,16,18)(H,17,19). The summed E-state index contributed by atoms with van der Waals surface area (Å²) in [6.45, 7) is 0. The number of amides is 1. The number of hydrazine groups is 1. The molecule has 1 amide bonds. The Morgan fingerprint density at radius 2 is 2.20 bits per heavy atom. The van der Waals surface area contributed by atoms with Gasteiger partial charge in [-0.05, 0) is 30.5 Å². The third kappa shape index (κ3) is 3.41. The first kappa shape index (κ1) is 14.6. The predicted octanol–water partition coefficient (Wildman–Crippen LogP) is 2.99. The average molecular weight is 309 g/mol. The number of halogens is 1. The molecule has 1 aromatic carbocycles. The SMILES string of the molecule is CSc1cccc(NC(=O)c2cnc(NN)c(Cl)c2)c1. The Balaban J connectivity index is 2.17. The van der Waals surface area contributed by atoms with Gasteiger partial charge in [-0.3, -0.25) is 4.79 Å². The lowest BCUT2D eigenvalue weighted by atomic mass is 10.2. The van der Waals surface area contributed by atoms with Gasteiger partial charge in [-0.1, -0.05) is 17.7 Å². The van der Waals surface area contributed by atoms with Crippen molar-refractivity contribution in [1.29, 1.82) is 0 Å². The highest BCUT2D eigenvalue weighted by atomic mass is 35.5. The molecule has 4 N–H and O–H groups in total. The van der Waals surface area contributed by atoms with Gasteiger partial charge in [0.25, 0.3) is 5.91 Å². The number of nitrogens with zero attached hydrogens (tertiary/aromatic N) is 1. The highest BCUT2D eigenvalue weighted by Gasteiger charge is 2.10. The summed E-state index contributed by atoms with van der Waals surface area (Å²) in [5.74, 6) is 5.28. The lowest BCUT2D eigenvalue weighted by molar-refractivity contribution is 0.102. The van der Waals surface area contributed by atoms with Gasteiger partial charge in [-0.2, -0.15) is 0 Å². The number of anilines is 2. The van der Waals surface area contributed by atoms with Crippen molar-refractivity contribution in [3.05, 3.63) is 47.1 Å². The number of hydrogen-bond acceptors (Lipinski definition) is 5. The lowest BCUT2D eigenvalue weighted by Crippen LogP contribution is -2.14. The molecule has 0 aliphatic heterocycles. The van der Waals surface area contributed by atoms with Crippen LogP contribution in [-0.4, -0.2) is 17.1 Å². The monoisotopic (exact) mass is 308 g/mol. The first-order chi connectivity index (χ1) is 9.63. The van der Waals surface area contributed by atoms with Gasteiger partial charge in [-0.25, -0.2) is 10.8 Å². The average Bonchev–Trinajstić information content (AvgIpc) is 2.47. The third-order valence-electron chi connectivity index (χ3n) is 2.57. The Morgan fingerprint density at radius 3 is 2.85 bits per heavy atom. The zero-order valence-corrected chi connectivity index (χ0v) is 12.3. The van der Waals surface area contributed by atoms with Gasteiger partial charge >= 0.3 is 0 Å². The van der Waals surface area contributed by atoms with Crippen molar-refractivity contribution in [2.24, 2.45) is 5.84 Å². The molecule has 5 nitrogen and oxygen atoms in total. The van der Waals surface area contributed by atoms with E-state index in [4.69, 9.17) is 17.4 Å². The number of pyridine rings is 1. The zero-order valence-electron chi connectivity index (χ0n) is 10.7. The van der Waals surface area contributed by atoms with Crippen LogP contribution < -0.4 is 16.6 Å². The van der Waals surface area contributed by atoms with Crippen LogP contribution in [0.15, 0.2) is 41.4 Å². The third-order valence-corrected chi connectivity index (χ3v) is 3.58. The topological polar surface area (TPSA) is 80.0 Å². The van der Waals surface area contributed by atoms with E-state index in [-0.39, 0.29) is 10.9 Å². The van der Waals surface area contributed by atoms with E-state index in [2.05, 4.69) is 15.7 Å². The summed E-state index contributed by atoms with van der Waals surface area (Å²) in [5, 5.41) is 3.08. The summed E-state index contributed by atoms with van der Waals surface area (Å²) in [7, 11) is 0. The minimum Gasteiger partial charge on any atom is -0.322 e. The van der Waals surface area contributed by atoms with E-state index in [1.165, 1.54) is 12.3 Å². The molecular weight excluding hydrogens is 296 g/mol. The van der Waals surface area contributed by atoms with Crippen molar-refractivity contribution in [2.45, 2.75) is 4.90 Å². The summed E-state index contributed by atoms with van der Waals surface area (Å²) in [5.41, 5.74) is 3.43. The number of aromatic nitrogens is 1. The van der Waals surface area contributed by atoms with E-state index >= 15 is 0 Å². The molecule has 0 spiro atoms. The van der Waals surface area contributed by atoms with E-state index in [0.717, 1.165) is 10.6 Å². The highest BCUT2D eigenvalue weighted by molar-refractivity contribution is 7.98. The smallest absolute Gasteiger partial charge is 0.257 e. The molecule has 7 heteroatoms. The quantitative estimate of drug-likeness (QED) is 0.459. The minimum absolute atomic E-state index is 0.277. The summed E-state index contributed by atoms with van der Waals surface area (Å²) < 4.78 is 0. The van der Waals surface area contributed by atoms with E-state index < -0.39 is 0 Å². The minimum atomic E-state index is -0.277. The van der Waals surface area contributed by atoms with Crippen LogP contribution in [0.3, 0.4) is 0 Å². The largest absolute Gasteiger partial charge is 0.322 e. The molecule has 0 aliphatic carbocycles. The van der Waals surface area contributed by atoms with Gasteiger partial charge in [0.2, 0.25) is 0 Å². The van der Waals surface area contributed by atoms with Gasteiger partial charge < -0.3 is 10.7 Å². The second kappa shape index (κ2) is 6.60. The summed E-state index contributed by atoms with van der Waals surface area (Å²) >= 11 is 7.54. The van der Waals surface area contributed by atoms with Crippen molar-refractivity contribution >= 4 is 40.8 Å². The maximum Gasteiger partial charge on any atom is 0.257 e. The predicted molar refractivity (Wildman–Crippen MR) is 83.2 cm³/mol. The van der Waals surface area contributed by atoms with Gasteiger partial charge in [0, 0.05) is 16.8 Å². The summed E-state index contributed by atoms with van der Waals surface area (Å²) in [4.78, 5) is 17.1. The molecule has 1 aromatic heterocycles. The Kier molecular flexibility index (Phi) is 4.84. The summed E-state index contributed by atoms with van der Waals surface area (Å²) in [6.07, 6.45) is 3.39. The fourth-order valence-electron chi connectivity index (χ4n) is 1.57. The van der Waals surface area contributed by atoms with Crippen LogP contribution in [0.1, 0.15) is 10.4 Å². The maximum atomic E-state index is 12.1. The maximum absolute atomic E-state index is 12.1. The second-order valence-corrected chi connectivity index (χ2v) is 5.17. The Morgan fingerprint density at radius 1 is 1.40 bits per heavy atom. The molecule has 0 radical (unpaired) electrons. The number of benzene rings is 1. The van der Waals surface area contributed by atoms with Crippen LogP contribution in [0, 0.1) is 0 Å². The van der Waals surface area contributed by atoms with Crippen molar-refractivity contribution in [3.8, 4) is 0 Å². The van der Waals surface area contributed by atoms with Gasteiger partial charge in [0.15, 0.2) is 5.82 Å². The van der Waals surface area contributed by atoms with Crippen molar-refractivity contribution in [2.75, 3.05) is 17.0 Å². The van der Waals surface area contributed by atoms with E-state index in [9.17, 15) is 4.79 Å². The molecule has 20 heavy (non-hydrogen) atoms. The van der Waals surface area contributed by atoms with Gasteiger partial charge in [0.05, 0.1) is 10.6 Å². The molecule has 0 fully saturated rings. The molecule has 0 saturated carbocycles.